The molecule has 30 heavy (non-hydrogen) atoms. The van der Waals surface area contributed by atoms with Gasteiger partial charge in [-0.05, 0) is 56.7 Å². The smallest absolute Gasteiger partial charge is 0.244 e. The van der Waals surface area contributed by atoms with E-state index >= 15 is 0 Å². The molecule has 0 saturated heterocycles. The van der Waals surface area contributed by atoms with Gasteiger partial charge in [-0.15, -0.1) is 0 Å². The summed E-state index contributed by atoms with van der Waals surface area (Å²) in [6.45, 7) is 5.11. The molecule has 1 aliphatic rings. The maximum absolute atomic E-state index is 12.5. The molecule has 0 aliphatic heterocycles. The molecular formula is C26H29NO3. The average molecular weight is 404 g/mol. The van der Waals surface area contributed by atoms with E-state index in [1.54, 1.807) is 6.08 Å². The van der Waals surface area contributed by atoms with E-state index in [9.17, 15) is 4.79 Å². The van der Waals surface area contributed by atoms with Crippen LogP contribution in [0.5, 0.6) is 5.75 Å². The van der Waals surface area contributed by atoms with Crippen LogP contribution < -0.4 is 10.1 Å². The van der Waals surface area contributed by atoms with Gasteiger partial charge in [0.25, 0.3) is 0 Å². The highest BCUT2D eigenvalue weighted by Crippen LogP contribution is 2.38. The van der Waals surface area contributed by atoms with Crippen molar-refractivity contribution in [3.05, 3.63) is 71.0 Å². The zero-order valence-corrected chi connectivity index (χ0v) is 17.8. The van der Waals surface area contributed by atoms with Gasteiger partial charge < -0.3 is 14.5 Å². The summed E-state index contributed by atoms with van der Waals surface area (Å²) >= 11 is 0. The maximum Gasteiger partial charge on any atom is 0.244 e. The van der Waals surface area contributed by atoms with E-state index in [-0.39, 0.29) is 5.91 Å². The minimum atomic E-state index is -0.0831. The molecule has 0 unspecified atom stereocenters. The molecule has 1 amide bonds. The van der Waals surface area contributed by atoms with Gasteiger partial charge >= 0.3 is 0 Å². The molecule has 0 radical (unpaired) electrons. The zero-order valence-electron chi connectivity index (χ0n) is 17.8. The first-order valence-electron chi connectivity index (χ1n) is 10.9. The van der Waals surface area contributed by atoms with Crippen LogP contribution >= 0.6 is 0 Å². The van der Waals surface area contributed by atoms with Gasteiger partial charge in [-0.1, -0.05) is 30.3 Å². The second kappa shape index (κ2) is 9.21. The zero-order chi connectivity index (χ0) is 20.9. The third kappa shape index (κ3) is 4.43. The second-order valence-electron chi connectivity index (χ2n) is 7.84. The van der Waals surface area contributed by atoms with Crippen LogP contribution in [0.15, 0.2) is 53.0 Å². The molecule has 0 saturated carbocycles. The third-order valence-corrected chi connectivity index (χ3v) is 5.69. The average Bonchev–Trinajstić information content (AvgIpc) is 3.11. The second-order valence-corrected chi connectivity index (χ2v) is 7.84. The number of hydrogen-bond donors (Lipinski definition) is 1. The van der Waals surface area contributed by atoms with E-state index in [2.05, 4.69) is 23.5 Å². The fraction of sp³-hybridized carbons (Fsp3) is 0.346. The van der Waals surface area contributed by atoms with Crippen molar-refractivity contribution in [2.24, 2.45) is 0 Å². The van der Waals surface area contributed by atoms with E-state index < -0.39 is 0 Å². The number of aryl methyl sites for hydroxylation is 2. The third-order valence-electron chi connectivity index (χ3n) is 5.69. The van der Waals surface area contributed by atoms with Crippen molar-refractivity contribution in [1.29, 1.82) is 0 Å². The molecule has 1 aromatic heterocycles. The molecule has 0 fully saturated rings. The summed E-state index contributed by atoms with van der Waals surface area (Å²) in [5.41, 5.74) is 5.27. The van der Waals surface area contributed by atoms with Crippen LogP contribution in [0, 0.1) is 0 Å². The van der Waals surface area contributed by atoms with E-state index in [0.717, 1.165) is 52.9 Å². The van der Waals surface area contributed by atoms with E-state index in [1.165, 1.54) is 24.0 Å². The number of nitrogens with one attached hydrogen (secondary N) is 1. The van der Waals surface area contributed by atoms with Gasteiger partial charge in [-0.2, -0.15) is 0 Å². The highest BCUT2D eigenvalue weighted by molar-refractivity contribution is 5.97. The van der Waals surface area contributed by atoms with Crippen LogP contribution in [0.4, 0.5) is 0 Å². The lowest BCUT2D eigenvalue weighted by Crippen LogP contribution is -2.23. The van der Waals surface area contributed by atoms with Gasteiger partial charge in [0.1, 0.15) is 17.1 Å². The number of furan rings is 1. The Morgan fingerprint density at radius 1 is 1.17 bits per heavy atom. The summed E-state index contributed by atoms with van der Waals surface area (Å²) < 4.78 is 12.0. The molecule has 4 heteroatoms. The number of ether oxygens (including phenoxy) is 1. The number of rotatable bonds is 7. The minimum Gasteiger partial charge on any atom is -0.493 e. The molecular weight excluding hydrogens is 374 g/mol. The van der Waals surface area contributed by atoms with Crippen molar-refractivity contribution in [3.63, 3.8) is 0 Å². The number of hydrogen-bond acceptors (Lipinski definition) is 3. The first-order valence-corrected chi connectivity index (χ1v) is 10.9. The molecule has 1 heterocycles. The van der Waals surface area contributed by atoms with Crippen molar-refractivity contribution in [2.45, 2.75) is 46.0 Å². The molecule has 3 aromatic rings. The summed E-state index contributed by atoms with van der Waals surface area (Å²) in [6, 6.07) is 14.3. The van der Waals surface area contributed by atoms with Crippen LogP contribution in [0.25, 0.3) is 16.5 Å². The predicted molar refractivity (Wildman–Crippen MR) is 121 cm³/mol. The Kier molecular flexibility index (Phi) is 6.22. The van der Waals surface area contributed by atoms with Crippen LogP contribution in [-0.4, -0.2) is 19.1 Å². The van der Waals surface area contributed by atoms with Crippen LogP contribution in [0.3, 0.4) is 0 Å². The Morgan fingerprint density at radius 2 is 1.97 bits per heavy atom. The van der Waals surface area contributed by atoms with Crippen LogP contribution in [0.1, 0.15) is 49.1 Å². The lowest BCUT2D eigenvalue weighted by molar-refractivity contribution is -0.116. The summed E-state index contributed by atoms with van der Waals surface area (Å²) in [5.74, 6) is 1.79. The summed E-state index contributed by atoms with van der Waals surface area (Å²) in [5, 5.41) is 4.14. The Labute approximate surface area is 177 Å². The van der Waals surface area contributed by atoms with Gasteiger partial charge in [0.05, 0.1) is 6.61 Å². The highest BCUT2D eigenvalue weighted by Gasteiger charge is 2.20. The van der Waals surface area contributed by atoms with Gasteiger partial charge in [-0.3, -0.25) is 4.79 Å². The molecule has 4 rings (SSSR count). The number of allylic oxidation sites excluding steroid dienone is 1. The van der Waals surface area contributed by atoms with E-state index in [0.29, 0.717) is 13.2 Å². The molecule has 2 aromatic carbocycles. The topological polar surface area (TPSA) is 51.5 Å². The first kappa shape index (κ1) is 20.3. The monoisotopic (exact) mass is 403 g/mol. The Bertz CT molecular complexity index is 1060. The lowest BCUT2D eigenvalue weighted by Gasteiger charge is -2.12. The van der Waals surface area contributed by atoms with Crippen molar-refractivity contribution in [2.75, 3.05) is 13.2 Å². The van der Waals surface area contributed by atoms with Gasteiger partial charge in [0, 0.05) is 41.6 Å². The quantitative estimate of drug-likeness (QED) is 0.532. The largest absolute Gasteiger partial charge is 0.493 e. The van der Waals surface area contributed by atoms with Gasteiger partial charge in [0.2, 0.25) is 5.91 Å². The Hall–Kier alpha value is -3.01. The van der Waals surface area contributed by atoms with E-state index in [1.807, 2.05) is 38.1 Å². The Balaban J connectivity index is 1.55. The lowest BCUT2D eigenvalue weighted by atomic mass is 9.94. The van der Waals surface area contributed by atoms with Crippen molar-refractivity contribution in [3.8, 4) is 5.75 Å². The van der Waals surface area contributed by atoms with E-state index in [4.69, 9.17) is 9.15 Å². The summed E-state index contributed by atoms with van der Waals surface area (Å²) in [6.07, 6.45) is 6.92. The Morgan fingerprint density at radius 3 is 2.77 bits per heavy atom. The first-order chi connectivity index (χ1) is 14.7. The molecule has 156 valence electrons. The molecule has 0 spiro atoms. The normalized spacial score (nSPS) is 13.9. The van der Waals surface area contributed by atoms with Crippen molar-refractivity contribution >= 4 is 22.4 Å². The SMILES string of the molecule is CCOc1cc2oc3c(c2cc1/C(C)=C/C(=O)NCCc1ccccc1)CCCC3. The number of carbonyl (C=O) groups excluding carboxylic acids is 1. The summed E-state index contributed by atoms with van der Waals surface area (Å²) in [4.78, 5) is 12.5. The minimum absolute atomic E-state index is 0.0831. The fourth-order valence-electron chi connectivity index (χ4n) is 4.17. The number of benzene rings is 2. The molecule has 0 bridgehead atoms. The molecule has 0 atom stereocenters. The van der Waals surface area contributed by atoms with Crippen LogP contribution in [0.2, 0.25) is 0 Å². The van der Waals surface area contributed by atoms with Crippen LogP contribution in [-0.2, 0) is 24.1 Å². The standard InChI is InChI=1S/C26H29NO3/c1-3-29-24-17-25-22(20-11-7-8-12-23(20)30-25)16-21(24)18(2)15-26(28)27-14-13-19-9-5-4-6-10-19/h4-6,9-10,15-17H,3,7-8,11-14H2,1-2H3,(H,27,28)/b18-15+. The fourth-order valence-corrected chi connectivity index (χ4v) is 4.17. The number of fused-ring (bicyclic) bond motifs is 3. The molecule has 4 nitrogen and oxygen atoms in total. The number of carbonyl (C=O) groups is 1. The molecule has 1 N–H and O–H groups in total. The number of amides is 1. The summed E-state index contributed by atoms with van der Waals surface area (Å²) in [7, 11) is 0. The maximum atomic E-state index is 12.5. The molecule has 1 aliphatic carbocycles. The van der Waals surface area contributed by atoms with Crippen molar-refractivity contribution < 1.29 is 13.9 Å². The predicted octanol–water partition coefficient (Wildman–Crippen LogP) is 5.47. The van der Waals surface area contributed by atoms with Gasteiger partial charge in [-0.25, -0.2) is 0 Å². The highest BCUT2D eigenvalue weighted by atomic mass is 16.5. The van der Waals surface area contributed by atoms with Crippen molar-refractivity contribution in [1.82, 2.24) is 5.32 Å². The van der Waals surface area contributed by atoms with Gasteiger partial charge in [0.15, 0.2) is 0 Å².